The van der Waals surface area contributed by atoms with Gasteiger partial charge in [0.1, 0.15) is 11.6 Å². The molecule has 2 spiro atoms. The van der Waals surface area contributed by atoms with Gasteiger partial charge in [0.25, 0.3) is 0 Å². The monoisotopic (exact) mass is 530 g/mol. The summed E-state index contributed by atoms with van der Waals surface area (Å²) in [5, 5.41) is 4.84. The number of likely N-dealkylation sites (tertiary alicyclic amines) is 1. The summed E-state index contributed by atoms with van der Waals surface area (Å²) in [6.45, 7) is 4.90. The van der Waals surface area contributed by atoms with Crippen LogP contribution in [0.15, 0.2) is 42.5 Å². The van der Waals surface area contributed by atoms with Crippen LogP contribution in [0.1, 0.15) is 61.8 Å². The van der Waals surface area contributed by atoms with Crippen molar-refractivity contribution in [3.8, 4) is 5.75 Å². The first-order chi connectivity index (χ1) is 19.0. The molecule has 0 unspecified atom stereocenters. The van der Waals surface area contributed by atoms with Crippen molar-refractivity contribution in [3.63, 3.8) is 0 Å². The van der Waals surface area contributed by atoms with E-state index in [0.717, 1.165) is 88.1 Å². The second-order valence-corrected chi connectivity index (χ2v) is 12.2. The van der Waals surface area contributed by atoms with E-state index in [9.17, 15) is 4.79 Å². The van der Waals surface area contributed by atoms with Gasteiger partial charge < -0.3 is 19.9 Å². The lowest BCUT2D eigenvalue weighted by Gasteiger charge is -2.57. The molecule has 3 fully saturated rings. The number of ether oxygens (including phenoxy) is 1. The van der Waals surface area contributed by atoms with E-state index >= 15 is 4.39 Å². The van der Waals surface area contributed by atoms with Gasteiger partial charge in [-0.2, -0.15) is 0 Å². The molecule has 4 heterocycles. The van der Waals surface area contributed by atoms with Crippen LogP contribution in [0.5, 0.6) is 5.75 Å². The maximum absolute atomic E-state index is 15.0. The molecule has 206 valence electrons. The van der Waals surface area contributed by atoms with E-state index in [1.54, 1.807) is 19.2 Å². The van der Waals surface area contributed by atoms with Gasteiger partial charge in [-0.05, 0) is 75.4 Å². The molecule has 2 aromatic carbocycles. The van der Waals surface area contributed by atoms with Crippen molar-refractivity contribution in [1.82, 2.24) is 20.1 Å². The van der Waals surface area contributed by atoms with Crippen molar-refractivity contribution < 1.29 is 13.9 Å². The molecule has 2 saturated heterocycles. The van der Waals surface area contributed by atoms with Gasteiger partial charge in [0, 0.05) is 65.7 Å². The van der Waals surface area contributed by atoms with Crippen LogP contribution in [0.25, 0.3) is 10.9 Å². The molecular weight excluding hydrogens is 491 g/mol. The van der Waals surface area contributed by atoms with Crippen LogP contribution in [-0.4, -0.2) is 60.5 Å². The summed E-state index contributed by atoms with van der Waals surface area (Å²) in [6, 6.07) is 13.6. The van der Waals surface area contributed by atoms with Gasteiger partial charge in [-0.15, -0.1) is 0 Å². The number of rotatable bonds is 4. The Bertz CT molecular complexity index is 1380. The molecule has 1 amide bonds. The molecule has 3 aliphatic heterocycles. The Morgan fingerprint density at radius 3 is 2.54 bits per heavy atom. The van der Waals surface area contributed by atoms with Gasteiger partial charge in [0.05, 0.1) is 12.6 Å². The quantitative estimate of drug-likeness (QED) is 0.495. The number of carbonyl (C=O) groups is 1. The highest BCUT2D eigenvalue weighted by molar-refractivity contribution is 5.88. The summed E-state index contributed by atoms with van der Waals surface area (Å²) < 4.78 is 20.6. The predicted octanol–water partition coefficient (Wildman–Crippen LogP) is 5.07. The van der Waals surface area contributed by atoms with Crippen LogP contribution < -0.4 is 10.1 Å². The fourth-order valence-corrected chi connectivity index (χ4v) is 7.88. The molecule has 3 aromatic rings. The zero-order valence-electron chi connectivity index (χ0n) is 22.9. The molecular formula is C32H39FN4O2. The lowest BCUT2D eigenvalue weighted by atomic mass is 9.63. The smallest absolute Gasteiger partial charge is 0.225 e. The van der Waals surface area contributed by atoms with E-state index in [4.69, 9.17) is 4.74 Å². The van der Waals surface area contributed by atoms with Crippen molar-refractivity contribution >= 4 is 16.8 Å². The molecule has 7 rings (SSSR count). The molecule has 4 aliphatic rings. The highest BCUT2D eigenvalue weighted by Gasteiger charge is 2.54. The third kappa shape index (κ3) is 4.00. The highest BCUT2D eigenvalue weighted by atomic mass is 19.1. The molecule has 1 aromatic heterocycles. The number of fused-ring (bicyclic) bond motifs is 5. The zero-order valence-corrected chi connectivity index (χ0v) is 22.9. The van der Waals surface area contributed by atoms with Gasteiger partial charge >= 0.3 is 0 Å². The van der Waals surface area contributed by atoms with Crippen molar-refractivity contribution in [2.75, 3.05) is 39.8 Å². The van der Waals surface area contributed by atoms with Crippen LogP contribution in [-0.2, 0) is 22.3 Å². The summed E-state index contributed by atoms with van der Waals surface area (Å²) in [4.78, 5) is 21.8. The number of benzene rings is 2. The first kappa shape index (κ1) is 25.1. The Balaban J connectivity index is 1.34. The third-order valence-corrected chi connectivity index (χ3v) is 10.3. The molecule has 1 saturated carbocycles. The first-order valence-electron chi connectivity index (χ1n) is 14.7. The van der Waals surface area contributed by atoms with E-state index < -0.39 is 0 Å². The van der Waals surface area contributed by atoms with Gasteiger partial charge in [0.2, 0.25) is 5.91 Å². The van der Waals surface area contributed by atoms with E-state index in [1.165, 1.54) is 23.1 Å². The minimum atomic E-state index is -0.195. The molecule has 0 bridgehead atoms. The number of hydrogen-bond acceptors (Lipinski definition) is 4. The van der Waals surface area contributed by atoms with Crippen molar-refractivity contribution in [1.29, 1.82) is 0 Å². The fourth-order valence-electron chi connectivity index (χ4n) is 7.88. The molecule has 1 aliphatic carbocycles. The van der Waals surface area contributed by atoms with Crippen molar-refractivity contribution in [2.45, 2.75) is 62.4 Å². The standard InChI is InChI=1S/C32H39FN4O2/c1-39-24-9-10-25-27(19-24)35-29-28(25)31(13-17-36(18-14-31)30(38)22-6-4-7-22)21-37(32(29)11-15-34-16-12-32)20-23-5-2-3-8-26(23)33/h2-3,5,8-10,19,22,34-35H,4,6-7,11-18,20-21H2,1H3. The van der Waals surface area contributed by atoms with Crippen molar-refractivity contribution in [2.24, 2.45) is 5.92 Å². The predicted molar refractivity (Wildman–Crippen MR) is 150 cm³/mol. The Labute approximate surface area is 229 Å². The van der Waals surface area contributed by atoms with Gasteiger partial charge in [-0.25, -0.2) is 4.39 Å². The SMILES string of the molecule is COc1ccc2c3c([nH]c2c1)C1(CCNCC1)N(Cc1ccccc1F)CC31CCN(C(=O)C2CCC2)CC1. The second kappa shape index (κ2) is 9.63. The van der Waals surface area contributed by atoms with Crippen LogP contribution in [0, 0.1) is 11.7 Å². The minimum Gasteiger partial charge on any atom is -0.497 e. The van der Waals surface area contributed by atoms with E-state index in [-0.39, 0.29) is 22.7 Å². The maximum atomic E-state index is 15.0. The highest BCUT2D eigenvalue weighted by Crippen LogP contribution is 2.54. The molecule has 2 N–H and O–H groups in total. The molecule has 0 radical (unpaired) electrons. The van der Waals surface area contributed by atoms with Gasteiger partial charge in [0.15, 0.2) is 0 Å². The number of hydrogen-bond donors (Lipinski definition) is 2. The number of halogens is 1. The van der Waals surface area contributed by atoms with E-state index in [1.807, 2.05) is 12.1 Å². The topological polar surface area (TPSA) is 60.6 Å². The summed E-state index contributed by atoms with van der Waals surface area (Å²) in [7, 11) is 1.71. The van der Waals surface area contributed by atoms with Crippen LogP contribution in [0.3, 0.4) is 0 Å². The Hall–Kier alpha value is -2.90. The second-order valence-electron chi connectivity index (χ2n) is 12.2. The Kier molecular flexibility index (Phi) is 6.20. The van der Waals surface area contributed by atoms with Crippen LogP contribution >= 0.6 is 0 Å². The number of aromatic nitrogens is 1. The third-order valence-electron chi connectivity index (χ3n) is 10.3. The number of methoxy groups -OCH3 is 1. The van der Waals surface area contributed by atoms with Gasteiger partial charge in [-0.3, -0.25) is 9.69 Å². The number of carbonyl (C=O) groups excluding carboxylic acids is 1. The Morgan fingerprint density at radius 1 is 1.08 bits per heavy atom. The number of nitrogens with zero attached hydrogens (tertiary/aromatic N) is 2. The fraction of sp³-hybridized carbons (Fsp3) is 0.531. The normalized spacial score (nSPS) is 22.7. The zero-order chi connectivity index (χ0) is 26.6. The largest absolute Gasteiger partial charge is 0.497 e. The van der Waals surface area contributed by atoms with E-state index in [2.05, 4.69) is 38.3 Å². The molecule has 7 heteroatoms. The number of H-pyrrole nitrogens is 1. The lowest BCUT2D eigenvalue weighted by molar-refractivity contribution is -0.140. The van der Waals surface area contributed by atoms with E-state index in [0.29, 0.717) is 12.5 Å². The number of nitrogens with one attached hydrogen (secondary N) is 2. The van der Waals surface area contributed by atoms with Crippen molar-refractivity contribution in [3.05, 3.63) is 65.1 Å². The Morgan fingerprint density at radius 2 is 1.85 bits per heavy atom. The summed E-state index contributed by atoms with van der Waals surface area (Å²) in [5.74, 6) is 1.30. The molecule has 39 heavy (non-hydrogen) atoms. The average Bonchev–Trinajstić information content (AvgIpc) is 3.33. The lowest BCUT2D eigenvalue weighted by Crippen LogP contribution is -2.62. The first-order valence-corrected chi connectivity index (χ1v) is 14.7. The molecule has 6 nitrogen and oxygen atoms in total. The summed E-state index contributed by atoms with van der Waals surface area (Å²) in [6.07, 6.45) is 7.07. The van der Waals surface area contributed by atoms with Gasteiger partial charge in [-0.1, -0.05) is 24.6 Å². The summed E-state index contributed by atoms with van der Waals surface area (Å²) >= 11 is 0. The summed E-state index contributed by atoms with van der Waals surface area (Å²) in [5.41, 5.74) is 4.30. The van der Waals surface area contributed by atoms with Crippen LogP contribution in [0.2, 0.25) is 0 Å². The minimum absolute atomic E-state index is 0.0973. The maximum Gasteiger partial charge on any atom is 0.225 e. The number of aromatic amines is 1. The van der Waals surface area contributed by atoms with Crippen LogP contribution in [0.4, 0.5) is 4.39 Å². The number of piperidine rings is 2. The average molecular weight is 531 g/mol. The number of amides is 1. The molecule has 0 atom stereocenters.